The molecule has 2 heterocycles. The first-order valence-corrected chi connectivity index (χ1v) is 8.97. The molecule has 1 amide bonds. The summed E-state index contributed by atoms with van der Waals surface area (Å²) in [7, 11) is 1.58. The number of thioether (sulfide) groups is 1. The third kappa shape index (κ3) is 4.75. The highest BCUT2D eigenvalue weighted by Gasteiger charge is 2.17. The molecule has 0 radical (unpaired) electrons. The van der Waals surface area contributed by atoms with Crippen molar-refractivity contribution in [2.45, 2.75) is 44.9 Å². The molecule has 2 aromatic rings. The number of aromatic nitrogens is 4. The number of rotatable bonds is 7. The van der Waals surface area contributed by atoms with Crippen molar-refractivity contribution in [2.24, 2.45) is 0 Å². The maximum atomic E-state index is 12.8. The third-order valence-corrected chi connectivity index (χ3v) is 4.48. The zero-order chi connectivity index (χ0) is 18.6. The molecule has 0 aromatic carbocycles. The Morgan fingerprint density at radius 2 is 1.96 bits per heavy atom. The second-order valence-corrected chi connectivity index (χ2v) is 6.41. The Kier molecular flexibility index (Phi) is 6.46. The average Bonchev–Trinajstić information content (AvgIpc) is 3.01. The summed E-state index contributed by atoms with van der Waals surface area (Å²) in [6.07, 6.45) is 5.19. The summed E-state index contributed by atoms with van der Waals surface area (Å²) in [4.78, 5) is 26.4. The third-order valence-electron chi connectivity index (χ3n) is 3.94. The minimum Gasteiger partial charge on any atom is -0.338 e. The molecule has 2 rings (SSSR count). The van der Waals surface area contributed by atoms with Gasteiger partial charge in [-0.05, 0) is 32.1 Å². The normalized spacial score (nSPS) is 11.2. The number of halogens is 2. The molecule has 2 aromatic heterocycles. The van der Waals surface area contributed by atoms with Gasteiger partial charge in [0.1, 0.15) is 5.82 Å². The van der Waals surface area contributed by atoms with E-state index in [0.29, 0.717) is 11.6 Å². The van der Waals surface area contributed by atoms with Crippen molar-refractivity contribution in [1.82, 2.24) is 24.4 Å². The molecule has 0 unspecified atom stereocenters. The number of nitrogens with zero attached hydrogens (tertiary/aromatic N) is 5. The molecule has 6 nitrogen and oxygen atoms in total. The number of amides is 1. The second-order valence-electron chi connectivity index (χ2n) is 5.64. The van der Waals surface area contributed by atoms with Gasteiger partial charge in [0.25, 0.3) is 0 Å². The first-order chi connectivity index (χ1) is 11.8. The molecule has 0 bridgehead atoms. The number of hydrogen-bond donors (Lipinski definition) is 0. The Labute approximate surface area is 149 Å². The average molecular weight is 369 g/mol. The van der Waals surface area contributed by atoms with Crippen molar-refractivity contribution in [3.8, 4) is 0 Å². The number of alkyl halides is 2. The summed E-state index contributed by atoms with van der Waals surface area (Å²) in [5.74, 6) is 0.0161. The number of imidazole rings is 1. The van der Waals surface area contributed by atoms with Crippen molar-refractivity contribution in [3.63, 3.8) is 0 Å². The summed E-state index contributed by atoms with van der Waals surface area (Å²) in [6.45, 7) is 1.17. The minimum atomic E-state index is -2.67. The number of aryl methyl sites for hydroxylation is 2. The monoisotopic (exact) mass is 369 g/mol. The van der Waals surface area contributed by atoms with Crippen molar-refractivity contribution in [1.29, 1.82) is 0 Å². The zero-order valence-corrected chi connectivity index (χ0v) is 15.5. The van der Waals surface area contributed by atoms with Crippen LogP contribution in [0.15, 0.2) is 17.6 Å². The quantitative estimate of drug-likeness (QED) is 0.555. The van der Waals surface area contributed by atoms with Crippen LogP contribution in [0, 0.1) is 13.8 Å². The van der Waals surface area contributed by atoms with E-state index in [1.165, 1.54) is 29.1 Å². The first kappa shape index (κ1) is 19.3. The van der Waals surface area contributed by atoms with Gasteiger partial charge in [0.2, 0.25) is 5.91 Å². The van der Waals surface area contributed by atoms with Gasteiger partial charge in [-0.15, -0.1) is 0 Å². The molecule has 0 atom stereocenters. The fourth-order valence-corrected chi connectivity index (χ4v) is 2.99. The Bertz CT molecular complexity index is 727. The summed E-state index contributed by atoms with van der Waals surface area (Å²) < 4.78 is 26.4. The lowest BCUT2D eigenvalue weighted by molar-refractivity contribution is -0.130. The molecular formula is C16H21F2N5OS. The number of carbonyl (C=O) groups excluding carboxylic acids is 1. The molecule has 0 aliphatic rings. The summed E-state index contributed by atoms with van der Waals surface area (Å²) in [5.41, 5.74) is 2.68. The fourth-order valence-electron chi connectivity index (χ4n) is 2.53. The largest absolute Gasteiger partial charge is 0.338 e. The standard InChI is InChI=1S/C16H21F2N5OS/c1-10-12(11(2)21-16(20-10)25-4)5-6-14(24)22(3)9-13-19-7-8-23(13)15(17)18/h7-8,15H,5-6,9H2,1-4H3. The van der Waals surface area contributed by atoms with E-state index in [-0.39, 0.29) is 24.7 Å². The molecule has 25 heavy (non-hydrogen) atoms. The van der Waals surface area contributed by atoms with Crippen LogP contribution in [-0.4, -0.2) is 43.6 Å². The van der Waals surface area contributed by atoms with Gasteiger partial charge in [-0.2, -0.15) is 8.78 Å². The molecule has 136 valence electrons. The van der Waals surface area contributed by atoms with Gasteiger partial charge in [0.15, 0.2) is 5.16 Å². The SMILES string of the molecule is CSc1nc(C)c(CCC(=O)N(C)Cc2nccn2C(F)F)c(C)n1. The van der Waals surface area contributed by atoms with Crippen LogP contribution in [-0.2, 0) is 17.8 Å². The first-order valence-electron chi connectivity index (χ1n) is 7.75. The van der Waals surface area contributed by atoms with Gasteiger partial charge in [0, 0.05) is 37.3 Å². The lowest BCUT2D eigenvalue weighted by atomic mass is 10.1. The molecule has 0 saturated heterocycles. The van der Waals surface area contributed by atoms with E-state index >= 15 is 0 Å². The van der Waals surface area contributed by atoms with E-state index in [0.717, 1.165) is 21.5 Å². The molecule has 0 fully saturated rings. The summed E-state index contributed by atoms with van der Waals surface area (Å²) >= 11 is 1.47. The van der Waals surface area contributed by atoms with Crippen molar-refractivity contribution in [2.75, 3.05) is 13.3 Å². The molecule has 0 spiro atoms. The Balaban J connectivity index is 1.99. The van der Waals surface area contributed by atoms with E-state index in [9.17, 15) is 13.6 Å². The van der Waals surface area contributed by atoms with Crippen LogP contribution >= 0.6 is 11.8 Å². The highest BCUT2D eigenvalue weighted by molar-refractivity contribution is 7.98. The van der Waals surface area contributed by atoms with Crippen LogP contribution in [0.1, 0.15) is 35.7 Å². The van der Waals surface area contributed by atoms with Crippen LogP contribution in [0.3, 0.4) is 0 Å². The van der Waals surface area contributed by atoms with Gasteiger partial charge >= 0.3 is 6.55 Å². The van der Waals surface area contributed by atoms with Crippen molar-refractivity contribution >= 4 is 17.7 Å². The van der Waals surface area contributed by atoms with Crippen LogP contribution in [0.5, 0.6) is 0 Å². The van der Waals surface area contributed by atoms with E-state index in [1.807, 2.05) is 20.1 Å². The number of hydrogen-bond acceptors (Lipinski definition) is 5. The Morgan fingerprint density at radius 1 is 1.32 bits per heavy atom. The Morgan fingerprint density at radius 3 is 2.52 bits per heavy atom. The maximum Gasteiger partial charge on any atom is 0.319 e. The smallest absolute Gasteiger partial charge is 0.319 e. The zero-order valence-electron chi connectivity index (χ0n) is 14.7. The van der Waals surface area contributed by atoms with E-state index in [2.05, 4.69) is 15.0 Å². The van der Waals surface area contributed by atoms with Gasteiger partial charge in [-0.1, -0.05) is 11.8 Å². The van der Waals surface area contributed by atoms with Gasteiger partial charge in [-0.25, -0.2) is 15.0 Å². The maximum absolute atomic E-state index is 12.8. The lowest BCUT2D eigenvalue weighted by Gasteiger charge is -2.18. The summed E-state index contributed by atoms with van der Waals surface area (Å²) in [5, 5.41) is 0.709. The van der Waals surface area contributed by atoms with E-state index in [4.69, 9.17) is 0 Å². The predicted molar refractivity (Wildman–Crippen MR) is 91.6 cm³/mol. The molecule has 9 heteroatoms. The minimum absolute atomic E-state index is 0.0377. The highest BCUT2D eigenvalue weighted by Crippen LogP contribution is 2.18. The van der Waals surface area contributed by atoms with Gasteiger partial charge in [-0.3, -0.25) is 9.36 Å². The van der Waals surface area contributed by atoms with Gasteiger partial charge in [0.05, 0.1) is 6.54 Å². The Hall–Kier alpha value is -2.03. The highest BCUT2D eigenvalue weighted by atomic mass is 32.2. The fraction of sp³-hybridized carbons (Fsp3) is 0.500. The van der Waals surface area contributed by atoms with Gasteiger partial charge < -0.3 is 4.90 Å². The van der Waals surface area contributed by atoms with E-state index < -0.39 is 6.55 Å². The predicted octanol–water partition coefficient (Wildman–Crippen LogP) is 3.00. The molecule has 0 aliphatic carbocycles. The number of carbonyl (C=O) groups is 1. The van der Waals surface area contributed by atoms with Crippen molar-refractivity contribution < 1.29 is 13.6 Å². The van der Waals surface area contributed by atoms with Crippen LogP contribution in [0.4, 0.5) is 8.78 Å². The lowest BCUT2D eigenvalue weighted by Crippen LogP contribution is -2.28. The topological polar surface area (TPSA) is 63.9 Å². The van der Waals surface area contributed by atoms with Crippen LogP contribution in [0.25, 0.3) is 0 Å². The summed E-state index contributed by atoms with van der Waals surface area (Å²) in [6, 6.07) is 0. The second kappa shape index (κ2) is 8.37. The molecule has 0 aliphatic heterocycles. The van der Waals surface area contributed by atoms with E-state index in [1.54, 1.807) is 7.05 Å². The van der Waals surface area contributed by atoms with Crippen molar-refractivity contribution in [3.05, 3.63) is 35.2 Å². The molecule has 0 saturated carbocycles. The molecule has 0 N–H and O–H groups in total. The molecular weight excluding hydrogens is 348 g/mol. The van der Waals surface area contributed by atoms with Crippen LogP contribution in [0.2, 0.25) is 0 Å². The van der Waals surface area contributed by atoms with Crippen LogP contribution < -0.4 is 0 Å².